The summed E-state index contributed by atoms with van der Waals surface area (Å²) in [5.41, 5.74) is 0. The number of nitrogens with zero attached hydrogens (tertiary/aromatic N) is 2. The van der Waals surface area contributed by atoms with Crippen LogP contribution in [0, 0.1) is 0 Å². The highest BCUT2D eigenvalue weighted by Gasteiger charge is 2.21. The lowest BCUT2D eigenvalue weighted by atomic mass is 10.0. The minimum atomic E-state index is 0.821. The van der Waals surface area contributed by atoms with Gasteiger partial charge in [0.15, 0.2) is 0 Å². The van der Waals surface area contributed by atoms with Crippen molar-refractivity contribution in [3.05, 3.63) is 0 Å². The number of rotatable bonds is 2. The molecule has 0 aromatic heterocycles. The zero-order valence-corrected chi connectivity index (χ0v) is 9.34. The molecule has 0 amide bonds. The molecule has 3 nitrogen and oxygen atoms in total. The topological polar surface area (TPSA) is 18.5 Å². The number of nitrogens with one attached hydrogen (secondary N) is 1. The summed E-state index contributed by atoms with van der Waals surface area (Å²) in [6, 6.07) is 0.821. The van der Waals surface area contributed by atoms with Crippen LogP contribution in [0.1, 0.15) is 19.3 Å². The Hall–Kier alpha value is -0.120. The predicted octanol–water partition coefficient (Wildman–Crippen LogP) is 0.376. The van der Waals surface area contributed by atoms with Gasteiger partial charge < -0.3 is 10.2 Å². The smallest absolute Gasteiger partial charge is 0.0220 e. The van der Waals surface area contributed by atoms with E-state index < -0.39 is 0 Å². The Balaban J connectivity index is 1.76. The van der Waals surface area contributed by atoms with Crippen LogP contribution in [-0.4, -0.2) is 62.2 Å². The second-order valence-corrected chi connectivity index (χ2v) is 4.68. The first-order chi connectivity index (χ1) is 6.86. The molecule has 0 aliphatic carbocycles. The first-order valence-electron chi connectivity index (χ1n) is 5.99. The minimum absolute atomic E-state index is 0.821. The first kappa shape index (κ1) is 10.4. The lowest BCUT2D eigenvalue weighted by Gasteiger charge is -2.37. The van der Waals surface area contributed by atoms with Gasteiger partial charge in [-0.05, 0) is 26.4 Å². The zero-order chi connectivity index (χ0) is 9.80. The molecule has 2 aliphatic heterocycles. The third-order valence-corrected chi connectivity index (χ3v) is 3.60. The maximum absolute atomic E-state index is 3.41. The molecule has 14 heavy (non-hydrogen) atoms. The quantitative estimate of drug-likeness (QED) is 0.690. The Morgan fingerprint density at radius 2 is 1.93 bits per heavy atom. The predicted molar refractivity (Wildman–Crippen MR) is 59.6 cm³/mol. The lowest BCUT2D eigenvalue weighted by Crippen LogP contribution is -2.50. The highest BCUT2D eigenvalue weighted by atomic mass is 15.2. The van der Waals surface area contributed by atoms with Crippen LogP contribution in [0.3, 0.4) is 0 Å². The number of hydrogen-bond acceptors (Lipinski definition) is 3. The average Bonchev–Trinajstić information content (AvgIpc) is 2.23. The molecule has 0 aromatic carbocycles. The zero-order valence-electron chi connectivity index (χ0n) is 9.34. The summed E-state index contributed by atoms with van der Waals surface area (Å²) in [6.07, 6.45) is 4.23. The normalized spacial score (nSPS) is 31.9. The van der Waals surface area contributed by atoms with Crippen molar-refractivity contribution in [2.75, 3.05) is 46.3 Å². The molecule has 2 fully saturated rings. The molecule has 0 aromatic rings. The van der Waals surface area contributed by atoms with Gasteiger partial charge in [-0.2, -0.15) is 0 Å². The largest absolute Gasteiger partial charge is 0.314 e. The van der Waals surface area contributed by atoms with E-state index in [-0.39, 0.29) is 0 Å². The third-order valence-electron chi connectivity index (χ3n) is 3.60. The van der Waals surface area contributed by atoms with Gasteiger partial charge in [0, 0.05) is 38.8 Å². The third kappa shape index (κ3) is 2.69. The van der Waals surface area contributed by atoms with E-state index in [1.165, 1.54) is 58.5 Å². The molecule has 2 saturated heterocycles. The molecular weight excluding hydrogens is 174 g/mol. The molecule has 3 heteroatoms. The van der Waals surface area contributed by atoms with Gasteiger partial charge in [0.2, 0.25) is 0 Å². The van der Waals surface area contributed by atoms with Gasteiger partial charge in [-0.25, -0.2) is 0 Å². The van der Waals surface area contributed by atoms with Gasteiger partial charge in [-0.15, -0.1) is 0 Å². The van der Waals surface area contributed by atoms with Crippen LogP contribution in [0.15, 0.2) is 0 Å². The lowest BCUT2D eigenvalue weighted by molar-refractivity contribution is 0.121. The second-order valence-electron chi connectivity index (χ2n) is 4.68. The van der Waals surface area contributed by atoms with Gasteiger partial charge in [0.25, 0.3) is 0 Å². The minimum Gasteiger partial charge on any atom is -0.314 e. The first-order valence-corrected chi connectivity index (χ1v) is 5.99. The van der Waals surface area contributed by atoms with Crippen LogP contribution < -0.4 is 5.32 Å². The van der Waals surface area contributed by atoms with E-state index in [1.54, 1.807) is 0 Å². The van der Waals surface area contributed by atoms with Crippen LogP contribution in [-0.2, 0) is 0 Å². The van der Waals surface area contributed by atoms with Crippen LogP contribution >= 0.6 is 0 Å². The molecular formula is C11H23N3. The second kappa shape index (κ2) is 5.10. The van der Waals surface area contributed by atoms with Crippen molar-refractivity contribution in [1.82, 2.24) is 15.1 Å². The van der Waals surface area contributed by atoms with Crippen molar-refractivity contribution in [2.45, 2.75) is 25.3 Å². The molecule has 0 spiro atoms. The number of piperidine rings is 1. The van der Waals surface area contributed by atoms with Crippen LogP contribution in [0.5, 0.6) is 0 Å². The summed E-state index contributed by atoms with van der Waals surface area (Å²) in [4.78, 5) is 5.16. The Bertz CT molecular complexity index is 166. The number of piperazine rings is 1. The molecule has 2 aliphatic rings. The van der Waals surface area contributed by atoms with Crippen molar-refractivity contribution in [3.63, 3.8) is 0 Å². The fourth-order valence-corrected chi connectivity index (χ4v) is 2.57. The standard InChI is InChI=1S/C11H23N3/c1-13-7-3-2-4-11(13)10-14-8-5-12-6-9-14/h11-12H,2-10H2,1H3/t11-/m1/s1. The molecule has 2 heterocycles. The van der Waals surface area contributed by atoms with Gasteiger partial charge in [0.05, 0.1) is 0 Å². The fraction of sp³-hybridized carbons (Fsp3) is 1.00. The van der Waals surface area contributed by atoms with E-state index >= 15 is 0 Å². The molecule has 1 N–H and O–H groups in total. The van der Waals surface area contributed by atoms with E-state index in [4.69, 9.17) is 0 Å². The van der Waals surface area contributed by atoms with E-state index in [0.29, 0.717) is 0 Å². The summed E-state index contributed by atoms with van der Waals surface area (Å²) in [6.45, 7) is 7.43. The SMILES string of the molecule is CN1CCCC[C@@H]1CN1CCNCC1. The molecule has 0 radical (unpaired) electrons. The fourth-order valence-electron chi connectivity index (χ4n) is 2.57. The molecule has 0 bridgehead atoms. The summed E-state index contributed by atoms with van der Waals surface area (Å²) in [5, 5.41) is 3.41. The maximum Gasteiger partial charge on any atom is 0.0220 e. The molecule has 82 valence electrons. The molecule has 0 saturated carbocycles. The highest BCUT2D eigenvalue weighted by molar-refractivity contribution is 4.79. The van der Waals surface area contributed by atoms with Crippen LogP contribution in [0.2, 0.25) is 0 Å². The number of likely N-dealkylation sites (N-methyl/N-ethyl adjacent to an activating group) is 1. The van der Waals surface area contributed by atoms with Crippen LogP contribution in [0.25, 0.3) is 0 Å². The van der Waals surface area contributed by atoms with E-state index in [0.717, 1.165) is 6.04 Å². The van der Waals surface area contributed by atoms with Gasteiger partial charge in [-0.1, -0.05) is 6.42 Å². The summed E-state index contributed by atoms with van der Waals surface area (Å²) in [7, 11) is 2.28. The summed E-state index contributed by atoms with van der Waals surface area (Å²) >= 11 is 0. The molecule has 2 rings (SSSR count). The molecule has 1 atom stereocenters. The van der Waals surface area contributed by atoms with Gasteiger partial charge >= 0.3 is 0 Å². The van der Waals surface area contributed by atoms with Crippen molar-refractivity contribution in [2.24, 2.45) is 0 Å². The monoisotopic (exact) mass is 197 g/mol. The van der Waals surface area contributed by atoms with Crippen molar-refractivity contribution in [1.29, 1.82) is 0 Å². The van der Waals surface area contributed by atoms with Gasteiger partial charge in [0.1, 0.15) is 0 Å². The average molecular weight is 197 g/mol. The Kier molecular flexibility index (Phi) is 3.79. The van der Waals surface area contributed by atoms with Gasteiger partial charge in [-0.3, -0.25) is 4.90 Å². The van der Waals surface area contributed by atoms with Crippen molar-refractivity contribution >= 4 is 0 Å². The molecule has 0 unspecified atom stereocenters. The maximum atomic E-state index is 3.41. The highest BCUT2D eigenvalue weighted by Crippen LogP contribution is 2.16. The Labute approximate surface area is 87.4 Å². The van der Waals surface area contributed by atoms with E-state index in [1.807, 2.05) is 0 Å². The number of hydrogen-bond donors (Lipinski definition) is 1. The van der Waals surface area contributed by atoms with Crippen molar-refractivity contribution < 1.29 is 0 Å². The summed E-state index contributed by atoms with van der Waals surface area (Å²) in [5.74, 6) is 0. The Morgan fingerprint density at radius 1 is 1.14 bits per heavy atom. The number of likely N-dealkylation sites (tertiary alicyclic amines) is 1. The van der Waals surface area contributed by atoms with E-state index in [2.05, 4.69) is 22.2 Å². The Morgan fingerprint density at radius 3 is 2.64 bits per heavy atom. The summed E-state index contributed by atoms with van der Waals surface area (Å²) < 4.78 is 0. The van der Waals surface area contributed by atoms with E-state index in [9.17, 15) is 0 Å². The van der Waals surface area contributed by atoms with Crippen molar-refractivity contribution in [3.8, 4) is 0 Å². The van der Waals surface area contributed by atoms with Crippen LogP contribution in [0.4, 0.5) is 0 Å².